The number of para-hydroxylation sites is 1. The van der Waals surface area contributed by atoms with Crippen molar-refractivity contribution < 1.29 is 29.9 Å². The van der Waals surface area contributed by atoms with Gasteiger partial charge in [-0.25, -0.2) is 0 Å². The number of hydrogen-bond acceptors (Lipinski definition) is 1. The molecule has 2 aromatic rings. The fraction of sp³-hybridized carbons (Fsp3) is 0.0769. The van der Waals surface area contributed by atoms with Crippen molar-refractivity contribution in [2.75, 3.05) is 0 Å². The number of phenols is 1. The van der Waals surface area contributed by atoms with Gasteiger partial charge < -0.3 is 29.9 Å². The Balaban J connectivity index is 0. The zero-order valence-corrected chi connectivity index (χ0v) is 10.5. The van der Waals surface area contributed by atoms with E-state index >= 15 is 0 Å². The lowest BCUT2D eigenvalue weighted by Crippen LogP contribution is -3.00. The average molecular weight is 257 g/mol. The van der Waals surface area contributed by atoms with Crippen LogP contribution in [0.1, 0.15) is 5.56 Å². The third kappa shape index (κ3) is 8.16. The Hall–Kier alpha value is -1.18. The van der Waals surface area contributed by atoms with Gasteiger partial charge in [-0.05, 0) is 19.1 Å². The maximum Gasteiger partial charge on any atom is 0.115 e. The van der Waals surface area contributed by atoms with Crippen LogP contribution in [0.2, 0.25) is 0 Å². The van der Waals surface area contributed by atoms with Crippen molar-refractivity contribution in [2.45, 2.75) is 6.92 Å². The normalized spacial score (nSPS) is 7.56. The van der Waals surface area contributed by atoms with E-state index in [1.54, 1.807) is 24.3 Å². The third-order valence-electron chi connectivity index (χ3n) is 1.70. The summed E-state index contributed by atoms with van der Waals surface area (Å²) < 4.78 is 0. The molecule has 0 amide bonds. The Bertz CT molecular complexity index is 311. The molecule has 3 heteroatoms. The highest BCUT2D eigenvalue weighted by Gasteiger charge is 1.74. The van der Waals surface area contributed by atoms with Crippen LogP contribution in [0.3, 0.4) is 0 Å². The van der Waals surface area contributed by atoms with Crippen LogP contribution in [-0.4, -0.2) is 5.11 Å². The van der Waals surface area contributed by atoms with Gasteiger partial charge in [-0.3, -0.25) is 0 Å². The van der Waals surface area contributed by atoms with Crippen LogP contribution in [-0.2, 0) is 0 Å². The molecule has 0 aliphatic rings. The fourth-order valence-electron chi connectivity index (χ4n) is 0.962. The second-order valence-electron chi connectivity index (χ2n) is 2.99. The van der Waals surface area contributed by atoms with E-state index in [1.807, 2.05) is 24.3 Å². The van der Waals surface area contributed by atoms with Crippen molar-refractivity contribution in [2.24, 2.45) is 0 Å². The van der Waals surface area contributed by atoms with Crippen LogP contribution >= 0.6 is 0 Å². The van der Waals surface area contributed by atoms with Crippen molar-refractivity contribution in [3.05, 3.63) is 66.2 Å². The van der Waals surface area contributed by atoms with Crippen LogP contribution in [0.4, 0.5) is 0 Å². The molecule has 0 atom stereocenters. The number of aromatic hydroxyl groups is 1. The lowest BCUT2D eigenvalue weighted by Gasteiger charge is -1.82. The quantitative estimate of drug-likeness (QED) is 0.548. The SMILES string of the molecule is Cc1ccccc1.Oc1ccccc1.[Cl-].[Cl-]. The highest BCUT2D eigenvalue weighted by atomic mass is 35.5. The molecule has 16 heavy (non-hydrogen) atoms. The van der Waals surface area contributed by atoms with Gasteiger partial charge in [0.15, 0.2) is 0 Å². The Morgan fingerprint density at radius 2 is 1.06 bits per heavy atom. The summed E-state index contributed by atoms with van der Waals surface area (Å²) >= 11 is 0. The van der Waals surface area contributed by atoms with E-state index in [2.05, 4.69) is 19.1 Å². The van der Waals surface area contributed by atoms with Gasteiger partial charge in [-0.1, -0.05) is 54.1 Å². The monoisotopic (exact) mass is 256 g/mol. The summed E-state index contributed by atoms with van der Waals surface area (Å²) in [4.78, 5) is 0. The predicted octanol–water partition coefficient (Wildman–Crippen LogP) is -2.60. The molecule has 1 nitrogen and oxygen atoms in total. The van der Waals surface area contributed by atoms with Gasteiger partial charge in [0.05, 0.1) is 0 Å². The minimum atomic E-state index is 0. The largest absolute Gasteiger partial charge is 1.00 e. The number of benzene rings is 2. The zero-order chi connectivity index (χ0) is 10.2. The van der Waals surface area contributed by atoms with E-state index in [9.17, 15) is 0 Å². The first-order chi connectivity index (χ1) is 6.79. The van der Waals surface area contributed by atoms with Crippen LogP contribution in [0, 0.1) is 6.92 Å². The standard InChI is InChI=1S/C7H8.C6H6O.2ClH/c1-7-5-3-2-4-6-7;7-6-4-2-1-3-5-6;;/h2-6H,1H3;1-5,7H;2*1H/p-2. The zero-order valence-electron chi connectivity index (χ0n) is 8.98. The summed E-state index contributed by atoms with van der Waals surface area (Å²) in [5.41, 5.74) is 1.32. The first kappa shape index (κ1) is 17.2. The molecule has 2 aromatic carbocycles. The minimum absolute atomic E-state index is 0. The van der Waals surface area contributed by atoms with Gasteiger partial charge >= 0.3 is 0 Å². The molecule has 0 aliphatic carbocycles. The van der Waals surface area contributed by atoms with E-state index in [-0.39, 0.29) is 24.8 Å². The van der Waals surface area contributed by atoms with Gasteiger partial charge in [0, 0.05) is 0 Å². The van der Waals surface area contributed by atoms with Gasteiger partial charge in [-0.15, -0.1) is 0 Å². The van der Waals surface area contributed by atoms with Gasteiger partial charge in [0.25, 0.3) is 0 Å². The van der Waals surface area contributed by atoms with E-state index in [1.165, 1.54) is 5.56 Å². The Morgan fingerprint density at radius 3 is 1.25 bits per heavy atom. The van der Waals surface area contributed by atoms with Gasteiger partial charge in [-0.2, -0.15) is 0 Å². The highest BCUT2D eigenvalue weighted by Crippen LogP contribution is 2.02. The smallest absolute Gasteiger partial charge is 0.115 e. The second-order valence-corrected chi connectivity index (χ2v) is 2.99. The summed E-state index contributed by atoms with van der Waals surface area (Å²) in [6.45, 7) is 2.08. The molecule has 0 aromatic heterocycles. The molecular weight excluding hydrogens is 243 g/mol. The number of aryl methyl sites for hydroxylation is 1. The van der Waals surface area contributed by atoms with Crippen molar-refractivity contribution in [1.29, 1.82) is 0 Å². The molecule has 0 aliphatic heterocycles. The number of rotatable bonds is 0. The Labute approximate surface area is 109 Å². The molecule has 0 saturated carbocycles. The molecule has 88 valence electrons. The molecule has 0 fully saturated rings. The number of halogens is 2. The van der Waals surface area contributed by atoms with Gasteiger partial charge in [0.2, 0.25) is 0 Å². The Morgan fingerprint density at radius 1 is 0.688 bits per heavy atom. The highest BCUT2D eigenvalue weighted by molar-refractivity contribution is 5.18. The van der Waals surface area contributed by atoms with E-state index < -0.39 is 0 Å². The maximum absolute atomic E-state index is 8.63. The third-order valence-corrected chi connectivity index (χ3v) is 1.70. The van der Waals surface area contributed by atoms with E-state index in [4.69, 9.17) is 5.11 Å². The first-order valence-electron chi connectivity index (χ1n) is 4.54. The van der Waals surface area contributed by atoms with Crippen molar-refractivity contribution in [3.8, 4) is 5.75 Å². The summed E-state index contributed by atoms with van der Waals surface area (Å²) in [6, 6.07) is 19.0. The van der Waals surface area contributed by atoms with Gasteiger partial charge in [0.1, 0.15) is 5.75 Å². The average Bonchev–Trinajstić information content (AvgIpc) is 2.21. The molecular formula is C13H14Cl2O-2. The van der Waals surface area contributed by atoms with Crippen LogP contribution in [0.15, 0.2) is 60.7 Å². The Kier molecular flexibility index (Phi) is 11.1. The van der Waals surface area contributed by atoms with Crippen LogP contribution < -0.4 is 24.8 Å². The van der Waals surface area contributed by atoms with E-state index in [0.717, 1.165) is 0 Å². The van der Waals surface area contributed by atoms with Crippen molar-refractivity contribution in [1.82, 2.24) is 0 Å². The molecule has 1 N–H and O–H groups in total. The molecule has 0 radical (unpaired) electrons. The lowest BCUT2D eigenvalue weighted by atomic mass is 10.2. The number of phenolic OH excluding ortho intramolecular Hbond substituents is 1. The predicted molar refractivity (Wildman–Crippen MR) is 59.3 cm³/mol. The van der Waals surface area contributed by atoms with Crippen molar-refractivity contribution in [3.63, 3.8) is 0 Å². The summed E-state index contributed by atoms with van der Waals surface area (Å²) in [7, 11) is 0. The first-order valence-corrected chi connectivity index (χ1v) is 4.54. The molecule has 0 heterocycles. The topological polar surface area (TPSA) is 20.2 Å². The van der Waals surface area contributed by atoms with Crippen LogP contribution in [0.25, 0.3) is 0 Å². The van der Waals surface area contributed by atoms with E-state index in [0.29, 0.717) is 5.75 Å². The molecule has 0 bridgehead atoms. The fourth-order valence-corrected chi connectivity index (χ4v) is 0.962. The lowest BCUT2D eigenvalue weighted by molar-refractivity contribution is -0.00100. The van der Waals surface area contributed by atoms with Crippen LogP contribution in [0.5, 0.6) is 5.75 Å². The molecule has 0 spiro atoms. The van der Waals surface area contributed by atoms with Crippen molar-refractivity contribution >= 4 is 0 Å². The molecule has 2 rings (SSSR count). The maximum atomic E-state index is 8.63. The summed E-state index contributed by atoms with van der Waals surface area (Å²) in [5.74, 6) is 0.322. The number of hydrogen-bond donors (Lipinski definition) is 1. The molecule has 0 unspecified atom stereocenters. The molecule has 0 saturated heterocycles. The summed E-state index contributed by atoms with van der Waals surface area (Å²) in [6.07, 6.45) is 0. The summed E-state index contributed by atoms with van der Waals surface area (Å²) in [5, 5.41) is 8.63. The minimum Gasteiger partial charge on any atom is -1.00 e. The second kappa shape index (κ2) is 10.3.